The van der Waals surface area contributed by atoms with E-state index < -0.39 is 6.61 Å². The van der Waals surface area contributed by atoms with Crippen LogP contribution in [0.25, 0.3) is 22.3 Å². The smallest absolute Gasteiger partial charge is 0.255 e. The summed E-state index contributed by atoms with van der Waals surface area (Å²) in [7, 11) is 0. The molecule has 9 heteroatoms. The summed E-state index contributed by atoms with van der Waals surface area (Å²) >= 11 is 0. The number of nitrogens with one attached hydrogen (secondary N) is 2. The summed E-state index contributed by atoms with van der Waals surface area (Å²) < 4.78 is 6.14. The maximum atomic E-state index is 13.3. The normalized spacial score (nSPS) is 19.8. The zero-order valence-corrected chi connectivity index (χ0v) is 20.3. The molecule has 9 nitrogen and oxygen atoms in total. The second kappa shape index (κ2) is 9.30. The van der Waals surface area contributed by atoms with Crippen molar-refractivity contribution in [2.24, 2.45) is 5.92 Å². The first-order chi connectivity index (χ1) is 16.9. The van der Waals surface area contributed by atoms with Crippen molar-refractivity contribution in [1.82, 2.24) is 25.2 Å². The lowest BCUT2D eigenvalue weighted by Crippen LogP contribution is -2.40. The quantitative estimate of drug-likeness (QED) is 0.481. The molecular formula is C26H31N5O4. The van der Waals surface area contributed by atoms with Gasteiger partial charge in [-0.2, -0.15) is 0 Å². The fraction of sp³-hybridized carbons (Fsp3) is 0.462. The van der Waals surface area contributed by atoms with Gasteiger partial charge in [-0.3, -0.25) is 9.59 Å². The summed E-state index contributed by atoms with van der Waals surface area (Å²) in [5, 5.41) is 12.3. The van der Waals surface area contributed by atoms with Crippen LogP contribution in [-0.2, 0) is 4.79 Å². The number of benzene rings is 1. The number of carbonyl (C=O) groups excluding carboxylic acids is 2. The number of aryl methyl sites for hydroxylation is 2. The Morgan fingerprint density at radius 3 is 2.80 bits per heavy atom. The van der Waals surface area contributed by atoms with E-state index in [1.807, 2.05) is 39.0 Å². The van der Waals surface area contributed by atoms with Crippen molar-refractivity contribution in [2.75, 3.05) is 19.8 Å². The van der Waals surface area contributed by atoms with Crippen molar-refractivity contribution < 1.29 is 19.4 Å². The largest absolute Gasteiger partial charge is 0.493 e. The second-order valence-corrected chi connectivity index (χ2v) is 9.78. The minimum absolute atomic E-state index is 0.0478. The third-order valence-corrected chi connectivity index (χ3v) is 6.93. The number of hydrogen-bond donors (Lipinski definition) is 3. The highest BCUT2D eigenvalue weighted by Gasteiger charge is 2.34. The zero-order valence-electron chi connectivity index (χ0n) is 20.3. The van der Waals surface area contributed by atoms with E-state index in [1.54, 1.807) is 4.90 Å². The number of aliphatic hydroxyl groups is 1. The number of H-pyrrole nitrogens is 1. The van der Waals surface area contributed by atoms with Crippen molar-refractivity contribution in [3.05, 3.63) is 41.3 Å². The number of nitrogens with zero attached hydrogens (tertiary/aromatic N) is 3. The van der Waals surface area contributed by atoms with Gasteiger partial charge in [-0.05, 0) is 58.1 Å². The molecule has 35 heavy (non-hydrogen) atoms. The molecule has 3 aromatic rings. The van der Waals surface area contributed by atoms with E-state index in [9.17, 15) is 14.7 Å². The molecule has 5 rings (SSSR count). The molecule has 2 amide bonds. The van der Waals surface area contributed by atoms with Gasteiger partial charge in [0.2, 0.25) is 5.91 Å². The Morgan fingerprint density at radius 1 is 1.26 bits per heavy atom. The molecule has 1 aromatic carbocycles. The van der Waals surface area contributed by atoms with Crippen LogP contribution in [0.2, 0.25) is 0 Å². The van der Waals surface area contributed by atoms with E-state index in [0.29, 0.717) is 53.5 Å². The molecular weight excluding hydrogens is 446 g/mol. The molecule has 1 aliphatic heterocycles. The molecule has 0 radical (unpaired) electrons. The minimum atomic E-state index is -0.530. The van der Waals surface area contributed by atoms with Gasteiger partial charge in [-0.25, -0.2) is 9.97 Å². The molecule has 1 saturated carbocycles. The molecule has 2 atom stereocenters. The summed E-state index contributed by atoms with van der Waals surface area (Å²) in [4.78, 5) is 39.2. The first-order valence-electron chi connectivity index (χ1n) is 12.1. The van der Waals surface area contributed by atoms with Gasteiger partial charge in [-0.1, -0.05) is 11.6 Å². The van der Waals surface area contributed by atoms with Gasteiger partial charge >= 0.3 is 0 Å². The molecule has 3 N–H and O–H groups in total. The Balaban J connectivity index is 1.45. The third-order valence-electron chi connectivity index (χ3n) is 6.93. The number of carbonyl (C=O) groups is 2. The zero-order chi connectivity index (χ0) is 24.7. The predicted octanol–water partition coefficient (Wildman–Crippen LogP) is 2.74. The first kappa shape index (κ1) is 23.3. The fourth-order valence-electron chi connectivity index (χ4n) is 4.88. The van der Waals surface area contributed by atoms with Crippen molar-refractivity contribution in [3.63, 3.8) is 0 Å². The third kappa shape index (κ3) is 4.60. The fourth-order valence-corrected chi connectivity index (χ4v) is 4.88. The van der Waals surface area contributed by atoms with Crippen LogP contribution in [0.1, 0.15) is 47.8 Å². The lowest BCUT2D eigenvalue weighted by atomic mass is 10.1. The van der Waals surface area contributed by atoms with Gasteiger partial charge in [0.15, 0.2) is 0 Å². The molecule has 2 aromatic heterocycles. The Kier molecular flexibility index (Phi) is 6.19. The van der Waals surface area contributed by atoms with Crippen molar-refractivity contribution in [2.45, 2.75) is 52.1 Å². The topological polar surface area (TPSA) is 120 Å². The highest BCUT2D eigenvalue weighted by atomic mass is 16.5. The molecule has 0 spiro atoms. The van der Waals surface area contributed by atoms with Crippen LogP contribution in [0, 0.1) is 19.8 Å². The maximum absolute atomic E-state index is 13.3. The lowest BCUT2D eigenvalue weighted by molar-refractivity contribution is -0.134. The Bertz CT molecular complexity index is 1280. The standard InChI is InChI=1S/C26H31N5O4/c1-14-4-7-20(35-12-17-5-6-17)19(8-14)23-25-24(28-13-27-23)22(16(3)29-25)26(34)30-18-9-15(2)31(10-18)21(33)11-32/h4,7-8,13,15,17-18,29,32H,5-6,9-12H2,1-3H3,(H,30,34)/t15-,18+/m1/s1. The van der Waals surface area contributed by atoms with E-state index in [4.69, 9.17) is 4.74 Å². The van der Waals surface area contributed by atoms with Gasteiger partial charge in [0.1, 0.15) is 29.9 Å². The molecule has 0 unspecified atom stereocenters. The summed E-state index contributed by atoms with van der Waals surface area (Å²) in [5.74, 6) is 0.824. The van der Waals surface area contributed by atoms with Crippen LogP contribution in [-0.4, -0.2) is 68.6 Å². The number of ether oxygens (including phenoxy) is 1. The van der Waals surface area contributed by atoms with Crippen LogP contribution in [0.5, 0.6) is 5.75 Å². The van der Waals surface area contributed by atoms with Crippen LogP contribution >= 0.6 is 0 Å². The highest BCUT2D eigenvalue weighted by molar-refractivity contribution is 6.09. The lowest BCUT2D eigenvalue weighted by Gasteiger charge is -2.19. The molecule has 3 heterocycles. The Hall–Kier alpha value is -3.46. The van der Waals surface area contributed by atoms with Gasteiger partial charge < -0.3 is 25.0 Å². The van der Waals surface area contributed by atoms with Crippen molar-refractivity contribution in [1.29, 1.82) is 0 Å². The number of aromatic amines is 1. The number of amides is 2. The first-order valence-corrected chi connectivity index (χ1v) is 12.1. The second-order valence-electron chi connectivity index (χ2n) is 9.78. The molecule has 0 bridgehead atoms. The van der Waals surface area contributed by atoms with Crippen LogP contribution < -0.4 is 10.1 Å². The van der Waals surface area contributed by atoms with E-state index in [0.717, 1.165) is 16.9 Å². The van der Waals surface area contributed by atoms with Crippen molar-refractivity contribution in [3.8, 4) is 17.0 Å². The number of rotatable bonds is 7. The summed E-state index contributed by atoms with van der Waals surface area (Å²) in [5.41, 5.74) is 5.06. The minimum Gasteiger partial charge on any atom is -0.493 e. The van der Waals surface area contributed by atoms with Crippen LogP contribution in [0.15, 0.2) is 24.5 Å². The molecule has 184 valence electrons. The number of fused-ring (bicyclic) bond motifs is 1. The van der Waals surface area contributed by atoms with E-state index in [1.165, 1.54) is 19.2 Å². The number of aliphatic hydroxyl groups excluding tert-OH is 1. The van der Waals surface area contributed by atoms with E-state index in [-0.39, 0.29) is 23.9 Å². The summed E-state index contributed by atoms with van der Waals surface area (Å²) in [6.45, 7) is 6.33. The Morgan fingerprint density at radius 2 is 2.06 bits per heavy atom. The average Bonchev–Trinajstić information content (AvgIpc) is 3.50. The van der Waals surface area contributed by atoms with E-state index in [2.05, 4.69) is 20.3 Å². The molecule has 1 aliphatic carbocycles. The summed E-state index contributed by atoms with van der Waals surface area (Å²) in [6, 6.07) is 5.81. The van der Waals surface area contributed by atoms with Crippen molar-refractivity contribution >= 4 is 22.8 Å². The summed E-state index contributed by atoms with van der Waals surface area (Å²) in [6.07, 6.45) is 4.52. The predicted molar refractivity (Wildman–Crippen MR) is 131 cm³/mol. The number of aromatic nitrogens is 3. The van der Waals surface area contributed by atoms with Crippen LogP contribution in [0.3, 0.4) is 0 Å². The number of hydrogen-bond acceptors (Lipinski definition) is 6. The Labute approximate surface area is 203 Å². The van der Waals surface area contributed by atoms with Gasteiger partial charge in [0.25, 0.3) is 5.91 Å². The highest BCUT2D eigenvalue weighted by Crippen LogP contribution is 2.37. The van der Waals surface area contributed by atoms with Gasteiger partial charge in [-0.15, -0.1) is 0 Å². The molecule has 1 saturated heterocycles. The number of likely N-dealkylation sites (tertiary alicyclic amines) is 1. The van der Waals surface area contributed by atoms with Gasteiger partial charge in [0.05, 0.1) is 17.7 Å². The molecule has 2 fully saturated rings. The van der Waals surface area contributed by atoms with Gasteiger partial charge in [0, 0.05) is 29.9 Å². The SMILES string of the molecule is Cc1ccc(OCC2CC2)c(-c2ncnc3c(C(=O)N[C@H]4C[C@@H](C)N(C(=O)CO)C4)c(C)[nH]c23)c1. The maximum Gasteiger partial charge on any atom is 0.255 e. The average molecular weight is 478 g/mol. The van der Waals surface area contributed by atoms with E-state index >= 15 is 0 Å². The van der Waals surface area contributed by atoms with Crippen LogP contribution in [0.4, 0.5) is 0 Å². The molecule has 2 aliphatic rings. The monoisotopic (exact) mass is 477 g/mol.